The van der Waals surface area contributed by atoms with Crippen molar-refractivity contribution >= 4 is 29.6 Å². The number of likely N-dealkylation sites (N-methyl/N-ethyl adjacent to an activating group) is 1. The van der Waals surface area contributed by atoms with Gasteiger partial charge in [0, 0.05) is 34.2 Å². The highest BCUT2D eigenvalue weighted by Crippen LogP contribution is 2.30. The summed E-state index contributed by atoms with van der Waals surface area (Å²) in [6.45, 7) is 12.8. The maximum atomic E-state index is 14.2. The molecule has 53 heavy (non-hydrogen) atoms. The zero-order valence-electron chi connectivity index (χ0n) is 33.6. The van der Waals surface area contributed by atoms with Crippen LogP contribution in [-0.2, 0) is 44.6 Å². The molecule has 0 spiro atoms. The van der Waals surface area contributed by atoms with Crippen LogP contribution in [0.4, 0.5) is 0 Å². The summed E-state index contributed by atoms with van der Waals surface area (Å²) in [6, 6.07) is 6.90. The first kappa shape index (κ1) is 43.9. The van der Waals surface area contributed by atoms with E-state index in [4.69, 9.17) is 14.2 Å². The molecule has 1 unspecified atom stereocenters. The largest absolute Gasteiger partial charge is 0.467 e. The highest BCUT2D eigenvalue weighted by atomic mass is 16.5. The molecule has 2 aliphatic rings. The number of likely N-dealkylation sites (tertiary alicyclic amines) is 1. The quantitative estimate of drug-likeness (QED) is 0.181. The zero-order valence-corrected chi connectivity index (χ0v) is 33.6. The van der Waals surface area contributed by atoms with Gasteiger partial charge in [0.1, 0.15) is 12.1 Å². The molecule has 13 nitrogen and oxygen atoms in total. The summed E-state index contributed by atoms with van der Waals surface area (Å²) in [5, 5.41) is 9.16. The van der Waals surface area contributed by atoms with Gasteiger partial charge in [-0.1, -0.05) is 71.4 Å². The minimum absolute atomic E-state index is 0.0127. The Hall–Kier alpha value is -3.55. The Labute approximate surface area is 316 Å². The van der Waals surface area contributed by atoms with Crippen molar-refractivity contribution in [3.63, 3.8) is 0 Å². The maximum absolute atomic E-state index is 14.2. The average Bonchev–Trinajstić information content (AvgIpc) is 3.83. The van der Waals surface area contributed by atoms with Gasteiger partial charge in [0.05, 0.1) is 49.3 Å². The van der Waals surface area contributed by atoms with Gasteiger partial charge in [0.25, 0.3) is 0 Å². The summed E-state index contributed by atoms with van der Waals surface area (Å²) in [6.07, 6.45) is 2.71. The van der Waals surface area contributed by atoms with Gasteiger partial charge >= 0.3 is 5.97 Å². The molecule has 2 aliphatic heterocycles. The molecular formula is C40H65N5O8. The van der Waals surface area contributed by atoms with Crippen LogP contribution >= 0.6 is 0 Å². The molecule has 0 saturated carbocycles. The van der Waals surface area contributed by atoms with E-state index in [0.29, 0.717) is 19.4 Å². The second-order valence-corrected chi connectivity index (χ2v) is 15.4. The third kappa shape index (κ3) is 11.0. The fourth-order valence-corrected chi connectivity index (χ4v) is 7.92. The molecule has 9 atom stereocenters. The Morgan fingerprint density at radius 2 is 1.68 bits per heavy atom. The van der Waals surface area contributed by atoms with Gasteiger partial charge in [-0.15, -0.1) is 0 Å². The first-order valence-electron chi connectivity index (χ1n) is 19.2. The zero-order chi connectivity index (χ0) is 39.5. The minimum atomic E-state index is -0.887. The van der Waals surface area contributed by atoms with E-state index in [-0.39, 0.29) is 54.3 Å². The molecule has 1 aromatic rings. The van der Waals surface area contributed by atoms with Crippen molar-refractivity contribution in [1.29, 1.82) is 0 Å². The predicted molar refractivity (Wildman–Crippen MR) is 203 cm³/mol. The molecule has 2 fully saturated rings. The lowest BCUT2D eigenvalue weighted by molar-refractivity contribution is -0.149. The molecule has 3 rings (SSSR count). The number of rotatable bonds is 19. The first-order valence-corrected chi connectivity index (χ1v) is 19.2. The third-order valence-electron chi connectivity index (χ3n) is 11.4. The van der Waals surface area contributed by atoms with Gasteiger partial charge < -0.3 is 40.0 Å². The van der Waals surface area contributed by atoms with Gasteiger partial charge in [0.15, 0.2) is 0 Å². The Morgan fingerprint density at radius 3 is 2.23 bits per heavy atom. The van der Waals surface area contributed by atoms with Crippen LogP contribution in [0.1, 0.15) is 85.6 Å². The first-order chi connectivity index (χ1) is 25.1. The number of nitrogens with one attached hydrogen (secondary N) is 3. The number of carbonyl (C=O) groups is 5. The second kappa shape index (κ2) is 20.2. The van der Waals surface area contributed by atoms with Crippen molar-refractivity contribution in [3.8, 4) is 0 Å². The lowest BCUT2D eigenvalue weighted by Crippen LogP contribution is -2.61. The Morgan fingerprint density at radius 1 is 1.00 bits per heavy atom. The number of amides is 4. The van der Waals surface area contributed by atoms with E-state index >= 15 is 0 Å². The molecule has 1 aromatic carbocycles. The number of carbonyl (C=O) groups excluding carboxylic acids is 5. The molecule has 0 radical (unpaired) electrons. The molecule has 0 aliphatic carbocycles. The Balaban J connectivity index is 1.77. The maximum Gasteiger partial charge on any atom is 0.328 e. The summed E-state index contributed by atoms with van der Waals surface area (Å²) >= 11 is 0. The highest BCUT2D eigenvalue weighted by Gasteiger charge is 2.44. The standard InChI is InChI=1S/C40H65N5O8/c1-11-26(4)34(44(7)37(48)33(25(2)3)43-39(50)40(6)20-16-21-41-40)31(51-8)24-32(46)45-22-15-19-30(45)35(52-9)27(5)36(47)42-29(38(49)53-10)23-28-17-13-12-14-18-28/h12-14,17-18,25-27,29-31,33-35,41H,11,15-16,19-24H2,1-10H3,(H,42,47)(H,43,50)/t26-,27+,29-,30?,31+,33-,34-,35+,40-/m0/s1. The predicted octanol–water partition coefficient (Wildman–Crippen LogP) is 3.09. The van der Waals surface area contributed by atoms with Crippen LogP contribution in [0.15, 0.2) is 30.3 Å². The van der Waals surface area contributed by atoms with E-state index < -0.39 is 47.8 Å². The normalized spacial score (nSPS) is 22.6. The number of benzene rings is 1. The fourth-order valence-electron chi connectivity index (χ4n) is 7.92. The average molecular weight is 744 g/mol. The molecule has 0 aromatic heterocycles. The number of ether oxygens (including phenoxy) is 3. The van der Waals surface area contributed by atoms with Crippen LogP contribution in [0.25, 0.3) is 0 Å². The van der Waals surface area contributed by atoms with Crippen LogP contribution in [0.5, 0.6) is 0 Å². The molecule has 2 saturated heterocycles. The molecule has 2 heterocycles. The van der Waals surface area contributed by atoms with Gasteiger partial charge in [-0.05, 0) is 56.6 Å². The number of methoxy groups -OCH3 is 3. The van der Waals surface area contributed by atoms with E-state index in [1.54, 1.807) is 30.9 Å². The topological polar surface area (TPSA) is 156 Å². The molecule has 3 N–H and O–H groups in total. The molecule has 13 heteroatoms. The lowest BCUT2D eigenvalue weighted by Gasteiger charge is -2.41. The van der Waals surface area contributed by atoms with Crippen molar-refractivity contribution in [1.82, 2.24) is 25.8 Å². The third-order valence-corrected chi connectivity index (χ3v) is 11.4. The SMILES string of the molecule is CC[C@H](C)[C@@H]([C@@H](CC(=O)N1CCCC1[C@H](OC)[C@@H](C)C(=O)N[C@@H](Cc1ccccc1)C(=O)OC)OC)N(C)C(=O)[C@@H](NC(=O)[C@]1(C)CCCN1)C(C)C. The van der Waals surface area contributed by atoms with Gasteiger partial charge in [-0.25, -0.2) is 4.79 Å². The van der Waals surface area contributed by atoms with Crippen LogP contribution in [0.2, 0.25) is 0 Å². The summed E-state index contributed by atoms with van der Waals surface area (Å²) < 4.78 is 16.9. The number of hydrogen-bond donors (Lipinski definition) is 3. The van der Waals surface area contributed by atoms with E-state index in [1.807, 2.05) is 65.0 Å². The highest BCUT2D eigenvalue weighted by molar-refractivity contribution is 5.92. The van der Waals surface area contributed by atoms with Crippen molar-refractivity contribution in [2.24, 2.45) is 17.8 Å². The summed E-state index contributed by atoms with van der Waals surface area (Å²) in [5.41, 5.74) is 0.155. The fraction of sp³-hybridized carbons (Fsp3) is 0.725. The number of hydrogen-bond acceptors (Lipinski definition) is 9. The smallest absolute Gasteiger partial charge is 0.328 e. The minimum Gasteiger partial charge on any atom is -0.467 e. The lowest BCUT2D eigenvalue weighted by atomic mass is 9.89. The summed E-state index contributed by atoms with van der Waals surface area (Å²) in [5.74, 6) is -2.40. The second-order valence-electron chi connectivity index (χ2n) is 15.4. The van der Waals surface area contributed by atoms with Crippen molar-refractivity contribution in [2.45, 2.75) is 128 Å². The van der Waals surface area contributed by atoms with E-state index in [9.17, 15) is 24.0 Å². The van der Waals surface area contributed by atoms with Crippen LogP contribution < -0.4 is 16.0 Å². The van der Waals surface area contributed by atoms with Crippen molar-refractivity contribution < 1.29 is 38.2 Å². The molecular weight excluding hydrogens is 678 g/mol. The molecule has 4 amide bonds. The van der Waals surface area contributed by atoms with Crippen LogP contribution in [0, 0.1) is 17.8 Å². The summed E-state index contributed by atoms with van der Waals surface area (Å²) in [4.78, 5) is 71.4. The Kier molecular flexibility index (Phi) is 16.7. The molecule has 298 valence electrons. The number of esters is 1. The van der Waals surface area contributed by atoms with Crippen LogP contribution in [0.3, 0.4) is 0 Å². The van der Waals surface area contributed by atoms with E-state index in [1.165, 1.54) is 14.2 Å². The van der Waals surface area contributed by atoms with Gasteiger partial charge in [0.2, 0.25) is 23.6 Å². The van der Waals surface area contributed by atoms with E-state index in [0.717, 1.165) is 31.4 Å². The van der Waals surface area contributed by atoms with Gasteiger partial charge in [-0.3, -0.25) is 19.2 Å². The summed E-state index contributed by atoms with van der Waals surface area (Å²) in [7, 11) is 6.10. The Bertz CT molecular complexity index is 1370. The van der Waals surface area contributed by atoms with Crippen molar-refractivity contribution in [2.75, 3.05) is 41.5 Å². The molecule has 0 bridgehead atoms. The monoisotopic (exact) mass is 743 g/mol. The number of nitrogens with zero attached hydrogens (tertiary/aromatic N) is 2. The van der Waals surface area contributed by atoms with Crippen LogP contribution in [-0.4, -0.2) is 123 Å². The van der Waals surface area contributed by atoms with E-state index in [2.05, 4.69) is 16.0 Å². The van der Waals surface area contributed by atoms with Gasteiger partial charge in [-0.2, -0.15) is 0 Å². The van der Waals surface area contributed by atoms with Crippen molar-refractivity contribution in [3.05, 3.63) is 35.9 Å².